The number of benzene rings is 2. The largest absolute Gasteiger partial charge is 0.385 e. The van der Waals surface area contributed by atoms with Gasteiger partial charge in [-0.25, -0.2) is 0 Å². The molecule has 2 heterocycles. The van der Waals surface area contributed by atoms with Crippen molar-refractivity contribution in [2.75, 3.05) is 32.0 Å². The van der Waals surface area contributed by atoms with E-state index in [-0.39, 0.29) is 12.4 Å². The Labute approximate surface area is 157 Å². The lowest BCUT2D eigenvalue weighted by atomic mass is 9.95. The van der Waals surface area contributed by atoms with Crippen molar-refractivity contribution < 1.29 is 0 Å². The molecule has 4 rings (SSSR count). The van der Waals surface area contributed by atoms with Gasteiger partial charge in [-0.1, -0.05) is 30.3 Å². The molecule has 0 aliphatic carbocycles. The van der Waals surface area contributed by atoms with Crippen molar-refractivity contribution in [2.24, 2.45) is 5.92 Å². The van der Waals surface area contributed by atoms with Gasteiger partial charge in [-0.2, -0.15) is 0 Å². The van der Waals surface area contributed by atoms with Crippen LogP contribution in [0.5, 0.6) is 0 Å². The van der Waals surface area contributed by atoms with E-state index in [1.165, 1.54) is 53.9 Å². The fraction of sp³-hybridized carbons (Fsp3) is 0.429. The van der Waals surface area contributed by atoms with Gasteiger partial charge >= 0.3 is 0 Å². The first-order chi connectivity index (χ1) is 11.8. The van der Waals surface area contributed by atoms with Crippen molar-refractivity contribution in [3.63, 3.8) is 0 Å². The second-order valence-corrected chi connectivity index (χ2v) is 7.28. The molecule has 0 spiro atoms. The van der Waals surface area contributed by atoms with Gasteiger partial charge in [0.05, 0.1) is 0 Å². The number of anilines is 1. The highest BCUT2D eigenvalue weighted by atomic mass is 35.5. The molecule has 1 fully saturated rings. The maximum Gasteiger partial charge on any atom is 0.0349 e. The summed E-state index contributed by atoms with van der Waals surface area (Å²) in [4.78, 5) is 2.46. The second kappa shape index (κ2) is 8.22. The molecular weight excluding hydrogens is 330 g/mol. The average Bonchev–Trinajstić information content (AvgIpc) is 3.08. The molecule has 1 saturated heterocycles. The Morgan fingerprint density at radius 2 is 2.00 bits per heavy atom. The van der Waals surface area contributed by atoms with Crippen LogP contribution in [0.25, 0.3) is 11.1 Å². The molecule has 2 aromatic carbocycles. The number of nitrogens with one attached hydrogen (secondary N) is 2. The first kappa shape index (κ1) is 18.2. The third kappa shape index (κ3) is 4.17. The fourth-order valence-electron chi connectivity index (χ4n) is 4.10. The monoisotopic (exact) mass is 357 g/mol. The average molecular weight is 358 g/mol. The third-order valence-electron chi connectivity index (χ3n) is 5.36. The summed E-state index contributed by atoms with van der Waals surface area (Å²) in [6.07, 6.45) is 2.67. The van der Waals surface area contributed by atoms with Crippen LogP contribution in [-0.4, -0.2) is 31.6 Å². The molecule has 2 aromatic rings. The maximum atomic E-state index is 3.72. The Morgan fingerprint density at radius 1 is 1.16 bits per heavy atom. The molecule has 2 aliphatic heterocycles. The molecule has 4 heteroatoms. The minimum atomic E-state index is 0. The molecule has 3 nitrogen and oxygen atoms in total. The lowest BCUT2D eigenvalue weighted by molar-refractivity contribution is 0.217. The minimum absolute atomic E-state index is 0. The molecule has 2 aliphatic rings. The Kier molecular flexibility index (Phi) is 6.00. The van der Waals surface area contributed by atoms with E-state index in [1.807, 2.05) is 0 Å². The van der Waals surface area contributed by atoms with Crippen LogP contribution >= 0.6 is 12.4 Å². The van der Waals surface area contributed by atoms with E-state index in [1.54, 1.807) is 0 Å². The number of hydrogen-bond donors (Lipinski definition) is 2. The lowest BCUT2D eigenvalue weighted by Crippen LogP contribution is -2.35. The Bertz CT molecular complexity index is 702. The van der Waals surface area contributed by atoms with Crippen molar-refractivity contribution in [3.8, 4) is 11.1 Å². The number of halogens is 1. The standard InChI is InChI=1S/C21H27N3.ClH/c1-24-9-5-6-16(15-24)12-23-19-10-18-13-22-14-21(18)20(11-19)17-7-3-2-4-8-17;/h2-4,7-8,10-11,16,22-23H,5-6,9,12-15H2,1H3;1H. The molecule has 1 atom stereocenters. The quantitative estimate of drug-likeness (QED) is 0.861. The van der Waals surface area contributed by atoms with Crippen molar-refractivity contribution in [1.82, 2.24) is 10.2 Å². The first-order valence-corrected chi connectivity index (χ1v) is 9.14. The van der Waals surface area contributed by atoms with Crippen molar-refractivity contribution >= 4 is 18.1 Å². The fourth-order valence-corrected chi connectivity index (χ4v) is 4.10. The SMILES string of the molecule is CN1CCCC(CNc2cc3c(c(-c4ccccc4)c2)CNC3)C1.Cl. The van der Waals surface area contributed by atoms with Gasteiger partial charge in [0.1, 0.15) is 0 Å². The van der Waals surface area contributed by atoms with Crippen molar-refractivity contribution in [3.05, 3.63) is 53.6 Å². The van der Waals surface area contributed by atoms with E-state index < -0.39 is 0 Å². The molecule has 0 saturated carbocycles. The Hall–Kier alpha value is -1.55. The van der Waals surface area contributed by atoms with Crippen LogP contribution in [0.3, 0.4) is 0 Å². The number of rotatable bonds is 4. The smallest absolute Gasteiger partial charge is 0.0349 e. The van der Waals surface area contributed by atoms with Crippen LogP contribution in [0, 0.1) is 5.92 Å². The molecule has 0 radical (unpaired) electrons. The summed E-state index contributed by atoms with van der Waals surface area (Å²) in [7, 11) is 2.24. The highest BCUT2D eigenvalue weighted by molar-refractivity contribution is 5.85. The molecule has 25 heavy (non-hydrogen) atoms. The van der Waals surface area contributed by atoms with E-state index in [2.05, 4.69) is 65.0 Å². The molecule has 0 bridgehead atoms. The van der Waals surface area contributed by atoms with Crippen LogP contribution in [0.1, 0.15) is 24.0 Å². The van der Waals surface area contributed by atoms with Gasteiger partial charge in [0.25, 0.3) is 0 Å². The van der Waals surface area contributed by atoms with Crippen molar-refractivity contribution in [2.45, 2.75) is 25.9 Å². The predicted octanol–water partition coefficient (Wildman–Crippen LogP) is 4.13. The highest BCUT2D eigenvalue weighted by Crippen LogP contribution is 2.32. The summed E-state index contributed by atoms with van der Waals surface area (Å²) in [5, 5.41) is 7.22. The molecule has 2 N–H and O–H groups in total. The molecule has 134 valence electrons. The first-order valence-electron chi connectivity index (χ1n) is 9.14. The highest BCUT2D eigenvalue weighted by Gasteiger charge is 2.19. The zero-order chi connectivity index (χ0) is 16.4. The molecule has 1 unspecified atom stereocenters. The van der Waals surface area contributed by atoms with Gasteiger partial charge in [-0.3, -0.25) is 0 Å². The zero-order valence-electron chi connectivity index (χ0n) is 14.9. The van der Waals surface area contributed by atoms with E-state index >= 15 is 0 Å². The minimum Gasteiger partial charge on any atom is -0.385 e. The van der Waals surface area contributed by atoms with E-state index in [0.717, 1.165) is 25.6 Å². The normalized spacial score (nSPS) is 20.0. The summed E-state index contributed by atoms with van der Waals surface area (Å²) in [6, 6.07) is 15.5. The van der Waals surface area contributed by atoms with Crippen LogP contribution in [0.15, 0.2) is 42.5 Å². The predicted molar refractivity (Wildman–Crippen MR) is 108 cm³/mol. The van der Waals surface area contributed by atoms with E-state index in [4.69, 9.17) is 0 Å². The third-order valence-corrected chi connectivity index (χ3v) is 5.36. The molecule has 0 aromatic heterocycles. The van der Waals surface area contributed by atoms with Gasteiger partial charge in [0.2, 0.25) is 0 Å². The van der Waals surface area contributed by atoms with E-state index in [9.17, 15) is 0 Å². The van der Waals surface area contributed by atoms with Gasteiger partial charge in [0, 0.05) is 31.9 Å². The Morgan fingerprint density at radius 3 is 2.80 bits per heavy atom. The van der Waals surface area contributed by atoms with Crippen molar-refractivity contribution in [1.29, 1.82) is 0 Å². The number of fused-ring (bicyclic) bond motifs is 1. The van der Waals surface area contributed by atoms with Gasteiger partial charge in [-0.05, 0) is 66.7 Å². The second-order valence-electron chi connectivity index (χ2n) is 7.28. The number of hydrogen-bond acceptors (Lipinski definition) is 3. The summed E-state index contributed by atoms with van der Waals surface area (Å²) >= 11 is 0. The molecule has 0 amide bonds. The number of nitrogens with zero attached hydrogens (tertiary/aromatic N) is 1. The summed E-state index contributed by atoms with van der Waals surface area (Å²) in [5.74, 6) is 0.760. The summed E-state index contributed by atoms with van der Waals surface area (Å²) < 4.78 is 0. The van der Waals surface area contributed by atoms with E-state index in [0.29, 0.717) is 0 Å². The van der Waals surface area contributed by atoms with Crippen LogP contribution in [0.2, 0.25) is 0 Å². The number of piperidine rings is 1. The van der Waals surface area contributed by atoms with Crippen LogP contribution in [0.4, 0.5) is 5.69 Å². The molecular formula is C21H28ClN3. The van der Waals surface area contributed by atoms with Gasteiger partial charge in [-0.15, -0.1) is 12.4 Å². The topological polar surface area (TPSA) is 27.3 Å². The summed E-state index contributed by atoms with van der Waals surface area (Å²) in [5.41, 5.74) is 6.87. The van der Waals surface area contributed by atoms with Gasteiger partial charge < -0.3 is 15.5 Å². The lowest BCUT2D eigenvalue weighted by Gasteiger charge is -2.30. The Balaban J connectivity index is 0.00000182. The maximum absolute atomic E-state index is 3.72. The van der Waals surface area contributed by atoms with Crippen LogP contribution in [-0.2, 0) is 13.1 Å². The van der Waals surface area contributed by atoms with Crippen LogP contribution < -0.4 is 10.6 Å². The summed E-state index contributed by atoms with van der Waals surface area (Å²) in [6.45, 7) is 5.50. The number of likely N-dealkylation sites (tertiary alicyclic amines) is 1. The zero-order valence-corrected chi connectivity index (χ0v) is 15.7. The van der Waals surface area contributed by atoms with Gasteiger partial charge in [0.15, 0.2) is 0 Å².